The van der Waals surface area contributed by atoms with Crippen molar-refractivity contribution in [3.05, 3.63) is 35.4 Å². The van der Waals surface area contributed by atoms with Crippen LogP contribution in [0.25, 0.3) is 0 Å². The molecule has 0 aliphatic carbocycles. The van der Waals surface area contributed by atoms with Gasteiger partial charge in [0.1, 0.15) is 0 Å². The molecule has 1 aromatic rings. The minimum absolute atomic E-state index is 0.0147. The Morgan fingerprint density at radius 3 is 1.71 bits per heavy atom. The molecular weight excluding hydrogens is 212 g/mol. The van der Waals surface area contributed by atoms with Gasteiger partial charge in [0.25, 0.3) is 0 Å². The topological polar surface area (TPSA) is 34.1 Å². The molecule has 2 heteroatoms. The maximum Gasteiger partial charge on any atom is 0.168 e. The maximum atomic E-state index is 12.0. The first-order chi connectivity index (χ1) is 7.73. The van der Waals surface area contributed by atoms with Gasteiger partial charge in [0.2, 0.25) is 0 Å². The van der Waals surface area contributed by atoms with Crippen molar-refractivity contribution in [1.82, 2.24) is 0 Å². The number of Topliss-reactive ketones (excluding diaryl/α,β-unsaturated/α-hetero) is 2. The van der Waals surface area contributed by atoms with E-state index in [-0.39, 0.29) is 22.9 Å². The van der Waals surface area contributed by atoms with Gasteiger partial charge in [-0.05, 0) is 0 Å². The predicted molar refractivity (Wildman–Crippen MR) is 69.4 cm³/mol. The van der Waals surface area contributed by atoms with E-state index in [0.717, 1.165) is 0 Å². The molecular formula is C15H20O2. The van der Waals surface area contributed by atoms with Crippen molar-refractivity contribution in [1.29, 1.82) is 0 Å². The van der Waals surface area contributed by atoms with E-state index in [2.05, 4.69) is 0 Å². The fourth-order valence-electron chi connectivity index (χ4n) is 1.55. The lowest BCUT2D eigenvalue weighted by atomic mass is 9.86. The van der Waals surface area contributed by atoms with E-state index in [1.54, 1.807) is 24.3 Å². The molecule has 1 rings (SSSR count). The van der Waals surface area contributed by atoms with Crippen molar-refractivity contribution in [2.75, 3.05) is 0 Å². The number of benzene rings is 1. The summed E-state index contributed by atoms with van der Waals surface area (Å²) in [6.07, 6.45) is 0. The zero-order valence-corrected chi connectivity index (χ0v) is 11.2. The van der Waals surface area contributed by atoms with E-state index in [1.807, 2.05) is 34.6 Å². The van der Waals surface area contributed by atoms with E-state index >= 15 is 0 Å². The molecule has 0 aliphatic heterocycles. The number of carbonyl (C=O) groups excluding carboxylic acids is 2. The molecule has 0 amide bonds. The van der Waals surface area contributed by atoms with E-state index in [1.165, 1.54) is 0 Å². The van der Waals surface area contributed by atoms with Crippen molar-refractivity contribution < 1.29 is 9.59 Å². The van der Waals surface area contributed by atoms with Gasteiger partial charge in [-0.1, -0.05) is 58.9 Å². The van der Waals surface area contributed by atoms with Crippen LogP contribution in [0.1, 0.15) is 55.3 Å². The van der Waals surface area contributed by atoms with Gasteiger partial charge in [0.15, 0.2) is 11.6 Å². The molecule has 0 aromatic heterocycles. The van der Waals surface area contributed by atoms with Crippen molar-refractivity contribution >= 4 is 11.6 Å². The van der Waals surface area contributed by atoms with Gasteiger partial charge in [-0.2, -0.15) is 0 Å². The van der Waals surface area contributed by atoms with Gasteiger partial charge < -0.3 is 0 Å². The molecule has 2 nitrogen and oxygen atoms in total. The molecule has 17 heavy (non-hydrogen) atoms. The lowest BCUT2D eigenvalue weighted by molar-refractivity contribution is 0.0857. The molecule has 0 atom stereocenters. The Labute approximate surface area is 103 Å². The highest BCUT2D eigenvalue weighted by Crippen LogP contribution is 2.21. The molecule has 0 saturated carbocycles. The smallest absolute Gasteiger partial charge is 0.168 e. The highest BCUT2D eigenvalue weighted by atomic mass is 16.1. The first-order valence-electron chi connectivity index (χ1n) is 5.92. The third kappa shape index (κ3) is 3.26. The molecule has 0 heterocycles. The predicted octanol–water partition coefficient (Wildman–Crippen LogP) is 3.75. The Morgan fingerprint density at radius 1 is 0.941 bits per heavy atom. The molecule has 0 saturated heterocycles. The second kappa shape index (κ2) is 4.82. The third-order valence-electron chi connectivity index (χ3n) is 2.64. The summed E-state index contributed by atoms with van der Waals surface area (Å²) in [5.74, 6) is 0.194. The number of ketones is 2. The van der Waals surface area contributed by atoms with Crippen molar-refractivity contribution in [2.45, 2.75) is 34.6 Å². The molecule has 0 N–H and O–H groups in total. The summed E-state index contributed by atoms with van der Waals surface area (Å²) in [5.41, 5.74) is 0.951. The second-order valence-corrected chi connectivity index (χ2v) is 5.68. The highest BCUT2D eigenvalue weighted by molar-refractivity contribution is 6.02. The summed E-state index contributed by atoms with van der Waals surface area (Å²) < 4.78 is 0. The SMILES string of the molecule is CC(C)C(=O)c1ccc(C(=O)C(C)(C)C)cc1. The van der Waals surface area contributed by atoms with E-state index < -0.39 is 0 Å². The normalized spacial score (nSPS) is 11.6. The minimum atomic E-state index is -0.385. The van der Waals surface area contributed by atoms with Gasteiger partial charge >= 0.3 is 0 Å². The summed E-state index contributed by atoms with van der Waals surface area (Å²) >= 11 is 0. The number of hydrogen-bond donors (Lipinski definition) is 0. The van der Waals surface area contributed by atoms with Crippen LogP contribution in [0.4, 0.5) is 0 Å². The standard InChI is InChI=1S/C15H20O2/c1-10(2)13(16)11-6-8-12(9-7-11)14(17)15(3,4)5/h6-10H,1-5H3. The largest absolute Gasteiger partial charge is 0.294 e. The van der Waals surface area contributed by atoms with Crippen molar-refractivity contribution in [3.8, 4) is 0 Å². The van der Waals surface area contributed by atoms with Gasteiger partial charge in [-0.25, -0.2) is 0 Å². The molecule has 0 unspecified atom stereocenters. The molecule has 0 fully saturated rings. The first kappa shape index (κ1) is 13.6. The molecule has 0 radical (unpaired) electrons. The Bertz CT molecular complexity index is 419. The Balaban J connectivity index is 2.97. The summed E-state index contributed by atoms with van der Waals surface area (Å²) in [7, 11) is 0. The molecule has 0 bridgehead atoms. The maximum absolute atomic E-state index is 12.0. The third-order valence-corrected chi connectivity index (χ3v) is 2.64. The summed E-state index contributed by atoms with van der Waals surface area (Å²) in [4.78, 5) is 23.7. The average molecular weight is 232 g/mol. The van der Waals surface area contributed by atoms with Crippen LogP contribution in [0.3, 0.4) is 0 Å². The lowest BCUT2D eigenvalue weighted by Crippen LogP contribution is -2.20. The lowest BCUT2D eigenvalue weighted by Gasteiger charge is -2.16. The van der Waals surface area contributed by atoms with Crippen LogP contribution in [-0.4, -0.2) is 11.6 Å². The quantitative estimate of drug-likeness (QED) is 0.744. The zero-order chi connectivity index (χ0) is 13.2. The number of rotatable bonds is 3. The Kier molecular flexibility index (Phi) is 3.87. The molecule has 1 aromatic carbocycles. The van der Waals surface area contributed by atoms with Crippen LogP contribution in [0.2, 0.25) is 0 Å². The zero-order valence-electron chi connectivity index (χ0n) is 11.2. The highest BCUT2D eigenvalue weighted by Gasteiger charge is 2.22. The van der Waals surface area contributed by atoms with Gasteiger partial charge in [-0.3, -0.25) is 9.59 Å². The molecule has 0 spiro atoms. The van der Waals surface area contributed by atoms with E-state index in [0.29, 0.717) is 11.1 Å². The monoisotopic (exact) mass is 232 g/mol. The fraction of sp³-hybridized carbons (Fsp3) is 0.467. The molecule has 0 aliphatic rings. The van der Waals surface area contributed by atoms with Crippen LogP contribution in [0.5, 0.6) is 0 Å². The second-order valence-electron chi connectivity index (χ2n) is 5.68. The molecule has 92 valence electrons. The summed E-state index contributed by atoms with van der Waals surface area (Å²) in [6, 6.07) is 6.95. The van der Waals surface area contributed by atoms with Crippen LogP contribution in [0, 0.1) is 11.3 Å². The van der Waals surface area contributed by atoms with Crippen molar-refractivity contribution in [3.63, 3.8) is 0 Å². The minimum Gasteiger partial charge on any atom is -0.294 e. The Morgan fingerprint density at radius 2 is 1.35 bits per heavy atom. The first-order valence-corrected chi connectivity index (χ1v) is 5.92. The number of carbonyl (C=O) groups is 2. The van der Waals surface area contributed by atoms with Crippen molar-refractivity contribution in [2.24, 2.45) is 11.3 Å². The van der Waals surface area contributed by atoms with Gasteiger partial charge in [-0.15, -0.1) is 0 Å². The fourth-order valence-corrected chi connectivity index (χ4v) is 1.55. The van der Waals surface area contributed by atoms with Crippen LogP contribution >= 0.6 is 0 Å². The number of hydrogen-bond acceptors (Lipinski definition) is 2. The average Bonchev–Trinajstić information content (AvgIpc) is 2.26. The van der Waals surface area contributed by atoms with E-state index in [9.17, 15) is 9.59 Å². The Hall–Kier alpha value is -1.44. The van der Waals surface area contributed by atoms with Crippen LogP contribution < -0.4 is 0 Å². The summed E-state index contributed by atoms with van der Waals surface area (Å²) in [5, 5.41) is 0. The van der Waals surface area contributed by atoms with E-state index in [4.69, 9.17) is 0 Å². The summed E-state index contributed by atoms with van der Waals surface area (Å²) in [6.45, 7) is 9.42. The van der Waals surface area contributed by atoms with Gasteiger partial charge in [0.05, 0.1) is 0 Å². The van der Waals surface area contributed by atoms with Crippen LogP contribution in [0.15, 0.2) is 24.3 Å². The van der Waals surface area contributed by atoms with Crippen LogP contribution in [-0.2, 0) is 0 Å². The van der Waals surface area contributed by atoms with Gasteiger partial charge in [0, 0.05) is 22.5 Å².